The summed E-state index contributed by atoms with van der Waals surface area (Å²) in [5, 5.41) is 0. The summed E-state index contributed by atoms with van der Waals surface area (Å²) in [6, 6.07) is 7.85. The molecule has 0 aliphatic carbocycles. The maximum atomic E-state index is 13.2. The smallest absolute Gasteiger partial charge is 0.124 e. The molecule has 1 atom stereocenters. The average Bonchev–Trinajstić information content (AvgIpc) is 2.38. The number of ether oxygens (including phenoxy) is 1. The number of benzene rings is 1. The summed E-state index contributed by atoms with van der Waals surface area (Å²) in [6.45, 7) is 2.21. The van der Waals surface area contributed by atoms with Gasteiger partial charge in [0.15, 0.2) is 0 Å². The molecule has 3 nitrogen and oxygen atoms in total. The molecule has 0 aliphatic rings. The second kappa shape index (κ2) is 5.60. The molecule has 94 valence electrons. The summed E-state index contributed by atoms with van der Waals surface area (Å²) < 4.78 is 18.8. The van der Waals surface area contributed by atoms with E-state index in [1.54, 1.807) is 25.4 Å². The van der Waals surface area contributed by atoms with Crippen molar-refractivity contribution < 1.29 is 9.13 Å². The van der Waals surface area contributed by atoms with Crippen LogP contribution in [0.1, 0.15) is 24.1 Å². The van der Waals surface area contributed by atoms with E-state index in [1.807, 2.05) is 12.1 Å². The van der Waals surface area contributed by atoms with Crippen molar-refractivity contribution in [3.63, 3.8) is 0 Å². The van der Waals surface area contributed by atoms with Crippen molar-refractivity contribution in [2.24, 2.45) is 5.73 Å². The molecule has 0 aliphatic heterocycles. The van der Waals surface area contributed by atoms with Gasteiger partial charge in [0.1, 0.15) is 18.2 Å². The zero-order chi connectivity index (χ0) is 13.0. The maximum absolute atomic E-state index is 13.2. The number of halogens is 1. The number of nitrogens with two attached hydrogens (primary N) is 1. The van der Waals surface area contributed by atoms with Crippen LogP contribution < -0.4 is 10.5 Å². The summed E-state index contributed by atoms with van der Waals surface area (Å²) in [5.74, 6) is 0.307. The van der Waals surface area contributed by atoms with Crippen LogP contribution in [0.2, 0.25) is 0 Å². The van der Waals surface area contributed by atoms with Gasteiger partial charge in [0, 0.05) is 24.0 Å². The van der Waals surface area contributed by atoms with E-state index in [9.17, 15) is 4.39 Å². The minimum atomic E-state index is -0.307. The van der Waals surface area contributed by atoms with Gasteiger partial charge in [-0.2, -0.15) is 0 Å². The largest absolute Gasteiger partial charge is 0.489 e. The lowest BCUT2D eigenvalue weighted by atomic mass is 10.1. The Hall–Kier alpha value is -1.94. The lowest BCUT2D eigenvalue weighted by Crippen LogP contribution is -2.08. The van der Waals surface area contributed by atoms with Crippen LogP contribution in [0.3, 0.4) is 0 Å². The second-order valence-corrected chi connectivity index (χ2v) is 4.11. The molecule has 18 heavy (non-hydrogen) atoms. The fraction of sp³-hybridized carbons (Fsp3) is 0.214. The Labute approximate surface area is 105 Å². The first-order valence-corrected chi connectivity index (χ1v) is 5.73. The monoisotopic (exact) mass is 246 g/mol. The van der Waals surface area contributed by atoms with Crippen LogP contribution in [0.4, 0.5) is 4.39 Å². The van der Waals surface area contributed by atoms with Crippen molar-refractivity contribution in [3.05, 3.63) is 59.7 Å². The molecule has 0 unspecified atom stereocenters. The number of pyridine rings is 1. The fourth-order valence-electron chi connectivity index (χ4n) is 1.65. The molecule has 4 heteroatoms. The molecule has 0 fully saturated rings. The van der Waals surface area contributed by atoms with Gasteiger partial charge < -0.3 is 10.5 Å². The molecular weight excluding hydrogens is 231 g/mol. The van der Waals surface area contributed by atoms with Gasteiger partial charge in [-0.15, -0.1) is 0 Å². The minimum absolute atomic E-state index is 0.270. The summed E-state index contributed by atoms with van der Waals surface area (Å²) in [4.78, 5) is 3.93. The highest BCUT2D eigenvalue weighted by atomic mass is 19.1. The highest BCUT2D eigenvalue weighted by Gasteiger charge is 2.09. The summed E-state index contributed by atoms with van der Waals surface area (Å²) >= 11 is 0. The van der Waals surface area contributed by atoms with Gasteiger partial charge in [-0.25, -0.2) is 4.39 Å². The molecule has 2 aromatic rings. The predicted molar refractivity (Wildman–Crippen MR) is 67.6 cm³/mol. The van der Waals surface area contributed by atoms with Crippen molar-refractivity contribution in [1.29, 1.82) is 0 Å². The molecular formula is C14H15FN2O. The third kappa shape index (κ3) is 3.05. The number of aromatic nitrogens is 1. The van der Waals surface area contributed by atoms with Crippen LogP contribution in [-0.2, 0) is 6.61 Å². The standard InChI is InChI=1S/C14H15FN2O/c1-10(16)13-8-12(15)2-3-14(13)18-9-11-4-6-17-7-5-11/h2-8,10H,9,16H2,1H3/t10-/m0/s1. The normalized spacial score (nSPS) is 12.2. The molecule has 0 spiro atoms. The van der Waals surface area contributed by atoms with E-state index in [0.717, 1.165) is 5.56 Å². The third-order valence-corrected chi connectivity index (χ3v) is 2.61. The minimum Gasteiger partial charge on any atom is -0.489 e. The van der Waals surface area contributed by atoms with E-state index in [2.05, 4.69) is 4.98 Å². The van der Waals surface area contributed by atoms with Gasteiger partial charge in [-0.3, -0.25) is 4.98 Å². The van der Waals surface area contributed by atoms with Crippen LogP contribution in [0.25, 0.3) is 0 Å². The van der Waals surface area contributed by atoms with Crippen molar-refractivity contribution in [1.82, 2.24) is 4.98 Å². The molecule has 1 aromatic heterocycles. The van der Waals surface area contributed by atoms with E-state index < -0.39 is 0 Å². The molecule has 2 rings (SSSR count). The van der Waals surface area contributed by atoms with E-state index in [-0.39, 0.29) is 11.9 Å². The van der Waals surface area contributed by atoms with Crippen molar-refractivity contribution in [2.45, 2.75) is 19.6 Å². The van der Waals surface area contributed by atoms with Crippen molar-refractivity contribution in [2.75, 3.05) is 0 Å². The van der Waals surface area contributed by atoms with Crippen LogP contribution in [0.5, 0.6) is 5.75 Å². The van der Waals surface area contributed by atoms with Crippen molar-refractivity contribution >= 4 is 0 Å². The highest BCUT2D eigenvalue weighted by Crippen LogP contribution is 2.25. The Morgan fingerprint density at radius 2 is 2.00 bits per heavy atom. The predicted octanol–water partition coefficient (Wildman–Crippen LogP) is 2.82. The number of rotatable bonds is 4. The first kappa shape index (κ1) is 12.5. The van der Waals surface area contributed by atoms with Crippen LogP contribution in [0.15, 0.2) is 42.7 Å². The van der Waals surface area contributed by atoms with Gasteiger partial charge in [-0.05, 0) is 42.8 Å². The molecule has 0 saturated carbocycles. The zero-order valence-corrected chi connectivity index (χ0v) is 10.1. The molecule has 2 N–H and O–H groups in total. The fourth-order valence-corrected chi connectivity index (χ4v) is 1.65. The SMILES string of the molecule is C[C@H](N)c1cc(F)ccc1OCc1ccncc1. The van der Waals surface area contributed by atoms with Gasteiger partial charge in [-0.1, -0.05) is 0 Å². The molecule has 0 amide bonds. The summed E-state index contributed by atoms with van der Waals surface area (Å²) in [7, 11) is 0. The van der Waals surface area contributed by atoms with Crippen LogP contribution in [0, 0.1) is 5.82 Å². The van der Waals surface area contributed by atoms with E-state index in [0.29, 0.717) is 17.9 Å². The Balaban J connectivity index is 2.14. The van der Waals surface area contributed by atoms with Crippen LogP contribution >= 0.6 is 0 Å². The molecule has 0 radical (unpaired) electrons. The quantitative estimate of drug-likeness (QED) is 0.902. The number of hydrogen-bond donors (Lipinski definition) is 1. The molecule has 0 saturated heterocycles. The van der Waals surface area contributed by atoms with Crippen molar-refractivity contribution in [3.8, 4) is 5.75 Å². The topological polar surface area (TPSA) is 48.1 Å². The van der Waals surface area contributed by atoms with E-state index >= 15 is 0 Å². The Kier molecular flexibility index (Phi) is 3.89. The highest BCUT2D eigenvalue weighted by molar-refractivity contribution is 5.36. The lowest BCUT2D eigenvalue weighted by molar-refractivity contribution is 0.300. The Morgan fingerprint density at radius 3 is 2.67 bits per heavy atom. The van der Waals surface area contributed by atoms with Crippen LogP contribution in [-0.4, -0.2) is 4.98 Å². The van der Waals surface area contributed by atoms with E-state index in [4.69, 9.17) is 10.5 Å². The zero-order valence-electron chi connectivity index (χ0n) is 10.1. The Morgan fingerprint density at radius 1 is 1.28 bits per heavy atom. The van der Waals surface area contributed by atoms with E-state index in [1.165, 1.54) is 12.1 Å². The second-order valence-electron chi connectivity index (χ2n) is 4.11. The maximum Gasteiger partial charge on any atom is 0.124 e. The first-order valence-electron chi connectivity index (χ1n) is 5.73. The lowest BCUT2D eigenvalue weighted by Gasteiger charge is -2.14. The van der Waals surface area contributed by atoms with Gasteiger partial charge >= 0.3 is 0 Å². The summed E-state index contributed by atoms with van der Waals surface area (Å²) in [6.07, 6.45) is 3.41. The molecule has 0 bridgehead atoms. The van der Waals surface area contributed by atoms with Gasteiger partial charge in [0.05, 0.1) is 0 Å². The Bertz CT molecular complexity index is 514. The molecule has 1 aromatic carbocycles. The van der Waals surface area contributed by atoms with Gasteiger partial charge in [0.25, 0.3) is 0 Å². The summed E-state index contributed by atoms with van der Waals surface area (Å²) in [5.41, 5.74) is 7.47. The first-order chi connectivity index (χ1) is 8.66. The molecule has 1 heterocycles. The number of hydrogen-bond acceptors (Lipinski definition) is 3. The number of nitrogens with zero attached hydrogens (tertiary/aromatic N) is 1. The third-order valence-electron chi connectivity index (χ3n) is 2.61. The average molecular weight is 246 g/mol. The van der Waals surface area contributed by atoms with Gasteiger partial charge in [0.2, 0.25) is 0 Å².